The van der Waals surface area contributed by atoms with Crippen LogP contribution in [0.5, 0.6) is 0 Å². The summed E-state index contributed by atoms with van der Waals surface area (Å²) in [5, 5.41) is 7.16. The van der Waals surface area contributed by atoms with Gasteiger partial charge in [0, 0.05) is 17.1 Å². The molecule has 0 saturated heterocycles. The van der Waals surface area contributed by atoms with Gasteiger partial charge in [-0.3, -0.25) is 4.79 Å². The Kier molecular flexibility index (Phi) is 4.16. The second-order valence-electron chi connectivity index (χ2n) is 4.12. The molecule has 6 heteroatoms. The number of halogens is 1. The molecule has 100 valence electrons. The van der Waals surface area contributed by atoms with Gasteiger partial charge in [-0.1, -0.05) is 23.7 Å². The topological polar surface area (TPSA) is 68.0 Å². The van der Waals surface area contributed by atoms with Crippen molar-refractivity contribution < 1.29 is 9.32 Å². The standard InChI is InChI=1S/C13H14ClN3O2/c1-3-11-16-13(19-17-11)8(2)12(18)15-10-6-4-9(14)5-7-10/h4-8H,3H2,1-2H3,(H,15,18). The fourth-order valence-corrected chi connectivity index (χ4v) is 1.61. The molecule has 5 nitrogen and oxygen atoms in total. The molecule has 1 aromatic heterocycles. The molecule has 1 N–H and O–H groups in total. The van der Waals surface area contributed by atoms with Gasteiger partial charge >= 0.3 is 0 Å². The Hall–Kier alpha value is -1.88. The van der Waals surface area contributed by atoms with Gasteiger partial charge in [0.05, 0.1) is 0 Å². The predicted octanol–water partition coefficient (Wildman–Crippen LogP) is 3.03. The number of carbonyl (C=O) groups excluding carboxylic acids is 1. The number of hydrogen-bond donors (Lipinski definition) is 1. The third kappa shape index (κ3) is 3.32. The molecule has 0 aliphatic rings. The van der Waals surface area contributed by atoms with E-state index in [1.807, 2.05) is 6.92 Å². The summed E-state index contributed by atoms with van der Waals surface area (Å²) in [4.78, 5) is 16.2. The normalized spacial score (nSPS) is 12.2. The maximum absolute atomic E-state index is 12.0. The number of carbonyl (C=O) groups is 1. The zero-order chi connectivity index (χ0) is 13.8. The maximum atomic E-state index is 12.0. The molecule has 0 aliphatic heterocycles. The lowest BCUT2D eigenvalue weighted by Gasteiger charge is -2.08. The highest BCUT2D eigenvalue weighted by molar-refractivity contribution is 6.30. The van der Waals surface area contributed by atoms with E-state index in [1.54, 1.807) is 31.2 Å². The second-order valence-corrected chi connectivity index (χ2v) is 4.56. The van der Waals surface area contributed by atoms with Crippen molar-refractivity contribution in [1.82, 2.24) is 10.1 Å². The van der Waals surface area contributed by atoms with Crippen LogP contribution in [-0.4, -0.2) is 16.0 Å². The monoisotopic (exact) mass is 279 g/mol. The molecule has 0 bridgehead atoms. The Morgan fingerprint density at radius 3 is 2.68 bits per heavy atom. The zero-order valence-electron chi connectivity index (χ0n) is 10.7. The Bertz CT molecular complexity index is 566. The van der Waals surface area contributed by atoms with Gasteiger partial charge in [0.25, 0.3) is 0 Å². The van der Waals surface area contributed by atoms with Crippen LogP contribution in [0.4, 0.5) is 5.69 Å². The second kappa shape index (κ2) is 5.84. The summed E-state index contributed by atoms with van der Waals surface area (Å²) in [5.74, 6) is 0.224. The molecule has 0 fully saturated rings. The first kappa shape index (κ1) is 13.5. The molecule has 1 amide bonds. The molecule has 1 heterocycles. The Balaban J connectivity index is 2.04. The molecule has 2 aromatic rings. The average Bonchev–Trinajstić information content (AvgIpc) is 2.89. The van der Waals surface area contributed by atoms with Crippen molar-refractivity contribution in [3.8, 4) is 0 Å². The van der Waals surface area contributed by atoms with Crippen LogP contribution >= 0.6 is 11.6 Å². The lowest BCUT2D eigenvalue weighted by molar-refractivity contribution is -0.117. The van der Waals surface area contributed by atoms with Crippen molar-refractivity contribution in [2.24, 2.45) is 0 Å². The Morgan fingerprint density at radius 2 is 2.11 bits per heavy atom. The van der Waals surface area contributed by atoms with Crippen LogP contribution in [0, 0.1) is 0 Å². The van der Waals surface area contributed by atoms with E-state index in [-0.39, 0.29) is 5.91 Å². The van der Waals surface area contributed by atoms with Crippen LogP contribution in [0.1, 0.15) is 31.5 Å². The van der Waals surface area contributed by atoms with Gasteiger partial charge in [-0.2, -0.15) is 4.98 Å². The smallest absolute Gasteiger partial charge is 0.238 e. The van der Waals surface area contributed by atoms with E-state index in [0.29, 0.717) is 28.8 Å². The zero-order valence-corrected chi connectivity index (χ0v) is 11.4. The first-order valence-electron chi connectivity index (χ1n) is 5.99. The molecule has 1 atom stereocenters. The molecular weight excluding hydrogens is 266 g/mol. The molecule has 0 aliphatic carbocycles. The third-order valence-electron chi connectivity index (χ3n) is 2.68. The van der Waals surface area contributed by atoms with E-state index >= 15 is 0 Å². The minimum absolute atomic E-state index is 0.200. The average molecular weight is 280 g/mol. The van der Waals surface area contributed by atoms with Crippen LogP contribution in [0.25, 0.3) is 0 Å². The van der Waals surface area contributed by atoms with Gasteiger partial charge in [0.1, 0.15) is 5.92 Å². The molecule has 2 rings (SSSR count). The SMILES string of the molecule is CCc1noc(C(C)C(=O)Nc2ccc(Cl)cc2)n1. The molecule has 1 unspecified atom stereocenters. The number of benzene rings is 1. The minimum Gasteiger partial charge on any atom is -0.338 e. The van der Waals surface area contributed by atoms with Gasteiger partial charge < -0.3 is 9.84 Å². The van der Waals surface area contributed by atoms with Gasteiger partial charge in [-0.05, 0) is 31.2 Å². The number of nitrogens with one attached hydrogen (secondary N) is 1. The van der Waals surface area contributed by atoms with Gasteiger partial charge in [-0.25, -0.2) is 0 Å². The number of nitrogens with zero attached hydrogens (tertiary/aromatic N) is 2. The van der Waals surface area contributed by atoms with Gasteiger partial charge in [-0.15, -0.1) is 0 Å². The highest BCUT2D eigenvalue weighted by Gasteiger charge is 2.21. The molecule has 1 aromatic carbocycles. The third-order valence-corrected chi connectivity index (χ3v) is 2.93. The predicted molar refractivity (Wildman–Crippen MR) is 72.2 cm³/mol. The molecule has 0 radical (unpaired) electrons. The van der Waals surface area contributed by atoms with E-state index < -0.39 is 5.92 Å². The quantitative estimate of drug-likeness (QED) is 0.934. The fourth-order valence-electron chi connectivity index (χ4n) is 1.48. The summed E-state index contributed by atoms with van der Waals surface area (Å²) >= 11 is 5.78. The lowest BCUT2D eigenvalue weighted by atomic mass is 10.1. The first-order valence-corrected chi connectivity index (χ1v) is 6.37. The summed E-state index contributed by atoms with van der Waals surface area (Å²) in [5.41, 5.74) is 0.677. The van der Waals surface area contributed by atoms with Crippen LogP contribution in [-0.2, 0) is 11.2 Å². The molecule has 0 saturated carbocycles. The summed E-state index contributed by atoms with van der Waals surface area (Å²) < 4.78 is 5.05. The first-order chi connectivity index (χ1) is 9.10. The minimum atomic E-state index is -0.497. The number of rotatable bonds is 4. The summed E-state index contributed by atoms with van der Waals surface area (Å²) in [6, 6.07) is 6.89. The van der Waals surface area contributed by atoms with Crippen molar-refractivity contribution in [1.29, 1.82) is 0 Å². The van der Waals surface area contributed by atoms with E-state index in [9.17, 15) is 4.79 Å². The number of anilines is 1. The molecule has 19 heavy (non-hydrogen) atoms. The van der Waals surface area contributed by atoms with E-state index in [0.717, 1.165) is 0 Å². The van der Waals surface area contributed by atoms with Crippen molar-refractivity contribution in [3.63, 3.8) is 0 Å². The lowest BCUT2D eigenvalue weighted by Crippen LogP contribution is -2.19. The number of aryl methyl sites for hydroxylation is 1. The summed E-state index contributed by atoms with van der Waals surface area (Å²) in [6.45, 7) is 3.64. The van der Waals surface area contributed by atoms with Gasteiger partial charge in [0.2, 0.25) is 11.8 Å². The number of hydrogen-bond acceptors (Lipinski definition) is 4. The van der Waals surface area contributed by atoms with E-state index in [4.69, 9.17) is 16.1 Å². The van der Waals surface area contributed by atoms with Gasteiger partial charge in [0.15, 0.2) is 5.82 Å². The van der Waals surface area contributed by atoms with Crippen molar-refractivity contribution >= 4 is 23.2 Å². The van der Waals surface area contributed by atoms with Crippen molar-refractivity contribution in [3.05, 3.63) is 41.0 Å². The Labute approximate surface area is 116 Å². The van der Waals surface area contributed by atoms with Crippen molar-refractivity contribution in [2.75, 3.05) is 5.32 Å². The fraction of sp³-hybridized carbons (Fsp3) is 0.308. The van der Waals surface area contributed by atoms with Crippen molar-refractivity contribution in [2.45, 2.75) is 26.2 Å². The van der Waals surface area contributed by atoms with Crippen LogP contribution in [0.2, 0.25) is 5.02 Å². The summed E-state index contributed by atoms with van der Waals surface area (Å²) in [7, 11) is 0. The van der Waals surface area contributed by atoms with Crippen LogP contribution in [0.3, 0.4) is 0 Å². The highest BCUT2D eigenvalue weighted by Crippen LogP contribution is 2.18. The van der Waals surface area contributed by atoms with E-state index in [2.05, 4.69) is 15.5 Å². The Morgan fingerprint density at radius 1 is 1.42 bits per heavy atom. The largest absolute Gasteiger partial charge is 0.338 e. The van der Waals surface area contributed by atoms with Crippen LogP contribution < -0.4 is 5.32 Å². The number of amides is 1. The molecule has 0 spiro atoms. The maximum Gasteiger partial charge on any atom is 0.238 e. The molecular formula is C13H14ClN3O2. The number of aromatic nitrogens is 2. The van der Waals surface area contributed by atoms with E-state index in [1.165, 1.54) is 0 Å². The highest BCUT2D eigenvalue weighted by atomic mass is 35.5. The van der Waals surface area contributed by atoms with Crippen LogP contribution in [0.15, 0.2) is 28.8 Å². The summed E-state index contributed by atoms with van der Waals surface area (Å²) in [6.07, 6.45) is 0.676.